The number of alkyl carbamates (subject to hydrolysis) is 3. The molecule has 0 aromatic heterocycles. The van der Waals surface area contributed by atoms with E-state index in [4.69, 9.17) is 18.9 Å². The minimum Gasteiger partial charge on any atom is -0.467 e. The van der Waals surface area contributed by atoms with E-state index in [0.717, 1.165) is 16.7 Å². The van der Waals surface area contributed by atoms with Crippen molar-refractivity contribution in [3.8, 4) is 0 Å². The topological polar surface area (TPSA) is 240 Å². The second-order valence-electron chi connectivity index (χ2n) is 21.7. The molecular weight excluding hydrogens is 915 g/mol. The molecule has 392 valence electrons. The maximum atomic E-state index is 14.8. The van der Waals surface area contributed by atoms with E-state index in [9.17, 15) is 38.4 Å². The van der Waals surface area contributed by atoms with Gasteiger partial charge < -0.3 is 55.3 Å². The van der Waals surface area contributed by atoms with Crippen LogP contribution in [0.5, 0.6) is 0 Å². The first-order valence-electron chi connectivity index (χ1n) is 24.5. The van der Waals surface area contributed by atoms with Crippen LogP contribution in [0.25, 0.3) is 0 Å². The molecule has 19 heteroatoms. The lowest BCUT2D eigenvalue weighted by atomic mass is 9.91. The Morgan fingerprint density at radius 1 is 0.690 bits per heavy atom. The summed E-state index contributed by atoms with van der Waals surface area (Å²) in [5.74, 6) is -3.26. The quantitative estimate of drug-likeness (QED) is 0.0712. The van der Waals surface area contributed by atoms with Crippen molar-refractivity contribution in [1.29, 1.82) is 0 Å². The number of nitrogens with one attached hydrogen (secondary N) is 5. The standard InChI is InChI=1S/C52H77N7O12/c1-33(2)28-38(55-42(61)40-30-35-22-16-17-23-36(35)31-59(40)44(63)39(29-34-20-14-13-15-21-34)56-47(66)70-50(6,7)8)41(60)54-37(24-18-19-26-53-46(65)69-49(3,4)5)43(62)58-27-25-52(32-58,45(64)68-12)57-48(67)71-51(9,10)11/h13-17,20-23,33,37-40H,18-19,24-32H2,1-12H3,(H,53,65)(H,54,60)(H,55,61)(H,56,66)(H,57,67)/t37-,38-,39-,40+,52?/m1/s1. The summed E-state index contributed by atoms with van der Waals surface area (Å²) in [6.07, 6.45) is -1.07. The number of esters is 1. The lowest BCUT2D eigenvalue weighted by molar-refractivity contribution is -0.148. The molecule has 5 atom stereocenters. The van der Waals surface area contributed by atoms with Crippen LogP contribution in [0, 0.1) is 5.92 Å². The van der Waals surface area contributed by atoms with Crippen LogP contribution < -0.4 is 26.6 Å². The monoisotopic (exact) mass is 992 g/mol. The van der Waals surface area contributed by atoms with Crippen molar-refractivity contribution in [2.75, 3.05) is 26.7 Å². The van der Waals surface area contributed by atoms with E-state index in [-0.39, 0.29) is 64.2 Å². The lowest BCUT2D eigenvalue weighted by Gasteiger charge is -2.39. The maximum Gasteiger partial charge on any atom is 0.408 e. The van der Waals surface area contributed by atoms with Crippen LogP contribution in [0.15, 0.2) is 54.6 Å². The molecule has 0 aliphatic carbocycles. The molecule has 0 spiro atoms. The first-order valence-corrected chi connectivity index (χ1v) is 24.5. The fourth-order valence-electron chi connectivity index (χ4n) is 8.40. The Morgan fingerprint density at radius 2 is 1.28 bits per heavy atom. The highest BCUT2D eigenvalue weighted by molar-refractivity contribution is 5.96. The summed E-state index contributed by atoms with van der Waals surface area (Å²) in [5.41, 5.74) is -1.67. The molecule has 7 amide bonds. The maximum absolute atomic E-state index is 14.8. The molecule has 4 rings (SSSR count). The summed E-state index contributed by atoms with van der Waals surface area (Å²) in [4.78, 5) is 113. The SMILES string of the molecule is COC(=O)C1(NC(=O)OC(C)(C)C)CCN(C(=O)[C@@H](CCCCNC(=O)OC(C)(C)C)NC(=O)[C@@H](CC(C)C)NC(=O)[C@@H]2Cc3ccccc3CN2C(=O)[C@@H](Cc2ccccc2)NC(=O)OC(C)(C)C)C1. The van der Waals surface area contributed by atoms with Crippen molar-refractivity contribution in [3.05, 3.63) is 71.3 Å². The van der Waals surface area contributed by atoms with Crippen molar-refractivity contribution in [2.24, 2.45) is 5.92 Å². The summed E-state index contributed by atoms with van der Waals surface area (Å²) >= 11 is 0. The fraction of sp³-hybridized carbons (Fsp3) is 0.615. The third-order valence-electron chi connectivity index (χ3n) is 11.5. The van der Waals surface area contributed by atoms with Gasteiger partial charge in [0, 0.05) is 38.9 Å². The Morgan fingerprint density at radius 3 is 1.89 bits per heavy atom. The molecule has 2 aromatic rings. The molecule has 2 heterocycles. The van der Waals surface area contributed by atoms with E-state index in [1.807, 2.05) is 68.4 Å². The highest BCUT2D eigenvalue weighted by Crippen LogP contribution is 2.28. The number of carbonyl (C=O) groups excluding carboxylic acids is 8. The van der Waals surface area contributed by atoms with Gasteiger partial charge in [0.2, 0.25) is 23.6 Å². The first kappa shape index (κ1) is 57.2. The van der Waals surface area contributed by atoms with Crippen LogP contribution in [0.2, 0.25) is 0 Å². The van der Waals surface area contributed by atoms with Gasteiger partial charge in [0.05, 0.1) is 13.7 Å². The van der Waals surface area contributed by atoms with E-state index in [1.54, 1.807) is 62.3 Å². The normalized spacial score (nSPS) is 18.2. The Kier molecular flexibility index (Phi) is 19.8. The minimum atomic E-state index is -1.64. The molecule has 5 N–H and O–H groups in total. The smallest absolute Gasteiger partial charge is 0.408 e. The van der Waals surface area contributed by atoms with Gasteiger partial charge in [0.25, 0.3) is 0 Å². The van der Waals surface area contributed by atoms with E-state index in [0.29, 0.717) is 12.8 Å². The second kappa shape index (κ2) is 24.6. The lowest BCUT2D eigenvalue weighted by Crippen LogP contribution is -2.61. The van der Waals surface area contributed by atoms with Crippen LogP contribution in [-0.2, 0) is 62.3 Å². The molecule has 71 heavy (non-hydrogen) atoms. The van der Waals surface area contributed by atoms with E-state index < -0.39 is 94.4 Å². The van der Waals surface area contributed by atoms with Gasteiger partial charge in [-0.1, -0.05) is 68.4 Å². The zero-order chi connectivity index (χ0) is 52.9. The van der Waals surface area contributed by atoms with Gasteiger partial charge in [0.15, 0.2) is 5.54 Å². The van der Waals surface area contributed by atoms with Gasteiger partial charge >= 0.3 is 24.2 Å². The molecule has 19 nitrogen and oxygen atoms in total. The number of rotatable bonds is 18. The minimum absolute atomic E-state index is 0.00357. The van der Waals surface area contributed by atoms with Crippen LogP contribution in [-0.4, -0.2) is 131 Å². The van der Waals surface area contributed by atoms with Crippen LogP contribution in [0.3, 0.4) is 0 Å². The molecule has 2 aliphatic rings. The third-order valence-corrected chi connectivity index (χ3v) is 11.5. The number of likely N-dealkylation sites (tertiary alicyclic amines) is 1. The number of carbonyl (C=O) groups is 8. The molecule has 1 fully saturated rings. The third kappa shape index (κ3) is 18.1. The predicted octanol–water partition coefficient (Wildman–Crippen LogP) is 5.46. The fourth-order valence-corrected chi connectivity index (χ4v) is 8.40. The van der Waals surface area contributed by atoms with Gasteiger partial charge in [-0.15, -0.1) is 0 Å². The number of fused-ring (bicyclic) bond motifs is 1. The highest BCUT2D eigenvalue weighted by atomic mass is 16.6. The summed E-state index contributed by atoms with van der Waals surface area (Å²) in [7, 11) is 1.17. The van der Waals surface area contributed by atoms with Gasteiger partial charge in [-0.2, -0.15) is 0 Å². The molecule has 0 radical (unpaired) electrons. The Balaban J connectivity index is 1.63. The van der Waals surface area contributed by atoms with Crippen molar-refractivity contribution in [3.63, 3.8) is 0 Å². The summed E-state index contributed by atoms with van der Waals surface area (Å²) in [5, 5.41) is 13.9. The van der Waals surface area contributed by atoms with Crippen LogP contribution in [0.1, 0.15) is 125 Å². The number of methoxy groups -OCH3 is 1. The second-order valence-corrected chi connectivity index (χ2v) is 21.7. The Hall–Kier alpha value is -6.40. The number of benzene rings is 2. The van der Waals surface area contributed by atoms with Gasteiger partial charge in [-0.25, -0.2) is 19.2 Å². The van der Waals surface area contributed by atoms with Crippen molar-refractivity contribution < 1.29 is 57.3 Å². The van der Waals surface area contributed by atoms with Crippen LogP contribution in [0.4, 0.5) is 14.4 Å². The molecule has 2 aromatic carbocycles. The summed E-state index contributed by atoms with van der Waals surface area (Å²) in [6.45, 7) is 19.1. The zero-order valence-electron chi connectivity index (χ0n) is 43.7. The largest absolute Gasteiger partial charge is 0.467 e. The zero-order valence-corrected chi connectivity index (χ0v) is 43.7. The van der Waals surface area contributed by atoms with Gasteiger partial charge in [-0.3, -0.25) is 19.2 Å². The molecular formula is C52H77N7O12. The average Bonchev–Trinajstić information content (AvgIpc) is 3.69. The van der Waals surface area contributed by atoms with E-state index >= 15 is 0 Å². The number of ether oxygens (including phenoxy) is 4. The highest BCUT2D eigenvalue weighted by Gasteiger charge is 2.50. The molecule has 1 unspecified atom stereocenters. The van der Waals surface area contributed by atoms with Crippen molar-refractivity contribution in [2.45, 2.75) is 174 Å². The Bertz CT molecular complexity index is 2200. The van der Waals surface area contributed by atoms with Gasteiger partial charge in [-0.05, 0) is 111 Å². The molecule has 1 saturated heterocycles. The predicted molar refractivity (Wildman–Crippen MR) is 265 cm³/mol. The molecule has 0 saturated carbocycles. The number of nitrogens with zero attached hydrogens (tertiary/aromatic N) is 2. The Labute approximate surface area is 418 Å². The van der Waals surface area contributed by atoms with Crippen molar-refractivity contribution in [1.82, 2.24) is 36.4 Å². The van der Waals surface area contributed by atoms with Gasteiger partial charge in [0.1, 0.15) is 41.0 Å². The number of amides is 7. The van der Waals surface area contributed by atoms with Crippen LogP contribution >= 0.6 is 0 Å². The average molecular weight is 992 g/mol. The summed E-state index contributed by atoms with van der Waals surface area (Å²) < 4.78 is 21.4. The number of unbranched alkanes of at least 4 members (excludes halogenated alkanes) is 1. The number of hydrogen-bond acceptors (Lipinski definition) is 12. The van der Waals surface area contributed by atoms with Crippen molar-refractivity contribution >= 4 is 47.9 Å². The van der Waals surface area contributed by atoms with E-state index in [1.165, 1.54) is 16.9 Å². The van der Waals surface area contributed by atoms with E-state index in [2.05, 4.69) is 26.6 Å². The summed E-state index contributed by atoms with van der Waals surface area (Å²) in [6, 6.07) is 12.0. The molecule has 0 bridgehead atoms. The number of hydrogen-bond donors (Lipinski definition) is 5. The first-order chi connectivity index (χ1) is 33.1. The molecule has 2 aliphatic heterocycles.